The van der Waals surface area contributed by atoms with Gasteiger partial charge in [0.2, 0.25) is 0 Å². The van der Waals surface area contributed by atoms with E-state index in [4.69, 9.17) is 9.47 Å². The number of anilines is 1. The van der Waals surface area contributed by atoms with Crippen molar-refractivity contribution in [1.82, 2.24) is 4.90 Å². The van der Waals surface area contributed by atoms with Crippen molar-refractivity contribution in [1.29, 1.82) is 0 Å². The first-order valence-corrected chi connectivity index (χ1v) is 9.48. The molecule has 5 nitrogen and oxygen atoms in total. The smallest absolute Gasteiger partial charge is 0.257 e. The van der Waals surface area contributed by atoms with Crippen LogP contribution in [0.4, 0.5) is 5.69 Å². The number of methoxy groups -OCH3 is 1. The third-order valence-corrected chi connectivity index (χ3v) is 4.70. The second kappa shape index (κ2) is 8.91. The number of hydrogen-bond donors (Lipinski definition) is 1. The standard InChI is InChI=1S/C22H28N2O3/c1-16(2)11-13-27-18-8-6-7-17(15-18)21-23-20-10-5-4-9-19(20)22(25)24(21)12-14-26-3/h4-10,15-16,21,23H,11-14H2,1-3H3. The quantitative estimate of drug-likeness (QED) is 0.754. The van der Waals surface area contributed by atoms with Gasteiger partial charge in [-0.1, -0.05) is 38.1 Å². The van der Waals surface area contributed by atoms with Gasteiger partial charge in [0.25, 0.3) is 5.91 Å². The molecule has 3 rings (SSSR count). The van der Waals surface area contributed by atoms with E-state index in [0.29, 0.717) is 31.2 Å². The van der Waals surface area contributed by atoms with E-state index in [2.05, 4.69) is 19.2 Å². The molecule has 144 valence electrons. The minimum atomic E-state index is -0.254. The molecule has 1 aliphatic rings. The molecule has 2 aromatic carbocycles. The summed E-state index contributed by atoms with van der Waals surface area (Å²) in [7, 11) is 1.65. The lowest BCUT2D eigenvalue weighted by atomic mass is 10.0. The average Bonchev–Trinajstić information content (AvgIpc) is 2.67. The van der Waals surface area contributed by atoms with Crippen molar-refractivity contribution in [3.05, 3.63) is 59.7 Å². The molecule has 1 heterocycles. The molecule has 1 unspecified atom stereocenters. The zero-order valence-corrected chi connectivity index (χ0v) is 16.3. The molecule has 0 radical (unpaired) electrons. The van der Waals surface area contributed by atoms with Gasteiger partial charge in [-0.05, 0) is 42.2 Å². The molecule has 1 amide bonds. The van der Waals surface area contributed by atoms with E-state index >= 15 is 0 Å². The molecule has 0 bridgehead atoms. The van der Waals surface area contributed by atoms with E-state index in [-0.39, 0.29) is 12.1 Å². The number of ether oxygens (including phenoxy) is 2. The number of carbonyl (C=O) groups excluding carboxylic acids is 1. The summed E-state index contributed by atoms with van der Waals surface area (Å²) < 4.78 is 11.1. The van der Waals surface area contributed by atoms with Gasteiger partial charge in [-0.25, -0.2) is 0 Å². The van der Waals surface area contributed by atoms with E-state index in [9.17, 15) is 4.79 Å². The molecule has 0 aliphatic carbocycles. The van der Waals surface area contributed by atoms with Crippen molar-refractivity contribution in [3.63, 3.8) is 0 Å². The van der Waals surface area contributed by atoms with Crippen LogP contribution in [-0.2, 0) is 4.74 Å². The van der Waals surface area contributed by atoms with Gasteiger partial charge < -0.3 is 19.7 Å². The van der Waals surface area contributed by atoms with Crippen LogP contribution in [0.3, 0.4) is 0 Å². The monoisotopic (exact) mass is 368 g/mol. The molecule has 0 saturated carbocycles. The second-order valence-electron chi connectivity index (χ2n) is 7.19. The molecule has 0 aromatic heterocycles. The summed E-state index contributed by atoms with van der Waals surface area (Å²) in [6.07, 6.45) is 0.758. The van der Waals surface area contributed by atoms with Crippen LogP contribution in [-0.4, -0.2) is 37.7 Å². The molecule has 1 N–H and O–H groups in total. The molecular weight excluding hydrogens is 340 g/mol. The fourth-order valence-electron chi connectivity index (χ4n) is 3.16. The van der Waals surface area contributed by atoms with Crippen LogP contribution in [0.5, 0.6) is 5.75 Å². The lowest BCUT2D eigenvalue weighted by Gasteiger charge is -2.38. The fraction of sp³-hybridized carbons (Fsp3) is 0.409. The Morgan fingerprint density at radius 2 is 1.93 bits per heavy atom. The third kappa shape index (κ3) is 4.61. The number of amides is 1. The Hall–Kier alpha value is -2.53. The van der Waals surface area contributed by atoms with Gasteiger partial charge in [-0.3, -0.25) is 4.79 Å². The number of nitrogens with zero attached hydrogens (tertiary/aromatic N) is 1. The van der Waals surface area contributed by atoms with E-state index < -0.39 is 0 Å². The van der Waals surface area contributed by atoms with Crippen molar-refractivity contribution in [2.45, 2.75) is 26.4 Å². The molecule has 0 saturated heterocycles. The van der Waals surface area contributed by atoms with Gasteiger partial charge >= 0.3 is 0 Å². The fourth-order valence-corrected chi connectivity index (χ4v) is 3.16. The zero-order valence-electron chi connectivity index (χ0n) is 16.3. The summed E-state index contributed by atoms with van der Waals surface area (Å²) in [5.74, 6) is 1.44. The summed E-state index contributed by atoms with van der Waals surface area (Å²) >= 11 is 0. The number of rotatable bonds is 8. The first-order chi connectivity index (χ1) is 13.1. The Kier molecular flexibility index (Phi) is 6.35. The summed E-state index contributed by atoms with van der Waals surface area (Å²) in [5.41, 5.74) is 2.54. The first kappa shape index (κ1) is 19.2. The van der Waals surface area contributed by atoms with Crippen LogP contribution < -0.4 is 10.1 Å². The minimum absolute atomic E-state index is 0.0116. The summed E-state index contributed by atoms with van der Waals surface area (Å²) in [4.78, 5) is 14.9. The van der Waals surface area contributed by atoms with Crippen LogP contribution in [0.15, 0.2) is 48.5 Å². The van der Waals surface area contributed by atoms with Gasteiger partial charge in [-0.2, -0.15) is 0 Å². The molecule has 0 fully saturated rings. The van der Waals surface area contributed by atoms with Crippen LogP contribution in [0.1, 0.15) is 42.4 Å². The predicted molar refractivity (Wildman–Crippen MR) is 107 cm³/mol. The SMILES string of the molecule is COCCN1C(=O)c2ccccc2NC1c1cccc(OCCC(C)C)c1. The highest BCUT2D eigenvalue weighted by atomic mass is 16.5. The van der Waals surface area contributed by atoms with Crippen molar-refractivity contribution in [2.24, 2.45) is 5.92 Å². The number of nitrogens with one attached hydrogen (secondary N) is 1. The van der Waals surface area contributed by atoms with Crippen molar-refractivity contribution < 1.29 is 14.3 Å². The molecule has 5 heteroatoms. The van der Waals surface area contributed by atoms with Crippen LogP contribution in [0.25, 0.3) is 0 Å². The number of carbonyl (C=O) groups is 1. The van der Waals surface area contributed by atoms with Crippen molar-refractivity contribution >= 4 is 11.6 Å². The zero-order chi connectivity index (χ0) is 19.2. The van der Waals surface area contributed by atoms with E-state index in [1.165, 1.54) is 0 Å². The minimum Gasteiger partial charge on any atom is -0.494 e. The van der Waals surface area contributed by atoms with Gasteiger partial charge in [0.15, 0.2) is 0 Å². The Bertz CT molecular complexity index is 776. The highest BCUT2D eigenvalue weighted by Crippen LogP contribution is 2.33. The van der Waals surface area contributed by atoms with Gasteiger partial charge in [0, 0.05) is 19.3 Å². The highest BCUT2D eigenvalue weighted by molar-refractivity contribution is 6.01. The van der Waals surface area contributed by atoms with Crippen LogP contribution >= 0.6 is 0 Å². The van der Waals surface area contributed by atoms with Gasteiger partial charge in [0.1, 0.15) is 11.9 Å². The summed E-state index contributed by atoms with van der Waals surface area (Å²) in [6, 6.07) is 15.6. The summed E-state index contributed by atoms with van der Waals surface area (Å²) in [6.45, 7) is 6.05. The molecular formula is C22H28N2O3. The number of hydrogen-bond acceptors (Lipinski definition) is 4. The van der Waals surface area contributed by atoms with Crippen molar-refractivity contribution in [2.75, 3.05) is 32.2 Å². The lowest BCUT2D eigenvalue weighted by molar-refractivity contribution is 0.0609. The first-order valence-electron chi connectivity index (χ1n) is 9.48. The third-order valence-electron chi connectivity index (χ3n) is 4.70. The van der Waals surface area contributed by atoms with Crippen LogP contribution in [0, 0.1) is 5.92 Å². The largest absolute Gasteiger partial charge is 0.494 e. The van der Waals surface area contributed by atoms with E-state index in [1.54, 1.807) is 7.11 Å². The maximum absolute atomic E-state index is 13.0. The summed E-state index contributed by atoms with van der Waals surface area (Å²) in [5, 5.41) is 3.50. The normalized spacial score (nSPS) is 16.2. The Labute approximate surface area is 161 Å². The Morgan fingerprint density at radius 3 is 2.70 bits per heavy atom. The van der Waals surface area contributed by atoms with E-state index in [1.807, 2.05) is 53.4 Å². The molecule has 0 spiro atoms. The number of fused-ring (bicyclic) bond motifs is 1. The van der Waals surface area contributed by atoms with Gasteiger partial charge in [0.05, 0.1) is 18.8 Å². The number of para-hydroxylation sites is 1. The predicted octanol–water partition coefficient (Wildman–Crippen LogP) is 4.32. The Balaban J connectivity index is 1.85. The number of benzene rings is 2. The maximum atomic E-state index is 13.0. The maximum Gasteiger partial charge on any atom is 0.257 e. The highest BCUT2D eigenvalue weighted by Gasteiger charge is 2.32. The topological polar surface area (TPSA) is 50.8 Å². The van der Waals surface area contributed by atoms with Crippen molar-refractivity contribution in [3.8, 4) is 5.75 Å². The molecule has 2 aromatic rings. The molecule has 27 heavy (non-hydrogen) atoms. The van der Waals surface area contributed by atoms with Gasteiger partial charge in [-0.15, -0.1) is 0 Å². The molecule has 1 atom stereocenters. The van der Waals surface area contributed by atoms with E-state index in [0.717, 1.165) is 23.4 Å². The lowest BCUT2D eigenvalue weighted by Crippen LogP contribution is -2.44. The average molecular weight is 368 g/mol. The molecule has 1 aliphatic heterocycles. The van der Waals surface area contributed by atoms with Crippen LogP contribution in [0.2, 0.25) is 0 Å². The Morgan fingerprint density at radius 1 is 1.11 bits per heavy atom. The second-order valence-corrected chi connectivity index (χ2v) is 7.19.